The number of aryl methyl sites for hydroxylation is 1. The summed E-state index contributed by atoms with van der Waals surface area (Å²) < 4.78 is 18.3. The summed E-state index contributed by atoms with van der Waals surface area (Å²) in [5.41, 5.74) is 1.99. The zero-order valence-electron chi connectivity index (χ0n) is 16.3. The molecule has 1 heterocycles. The highest BCUT2D eigenvalue weighted by Gasteiger charge is 2.22. The maximum Gasteiger partial charge on any atom is 0.239 e. The van der Waals surface area contributed by atoms with Crippen LogP contribution in [0, 0.1) is 12.7 Å². The number of rotatable bonds is 7. The number of nitrogens with one attached hydrogen (secondary N) is 3. The van der Waals surface area contributed by atoms with Crippen molar-refractivity contribution in [2.24, 2.45) is 4.99 Å². The SMILES string of the molecule is CN=C(NCC(=O)NCCOC)NC1CCCN(c2ccc(F)cc2C)C1. The monoisotopic (exact) mass is 379 g/mol. The Morgan fingerprint density at radius 2 is 2.22 bits per heavy atom. The summed E-state index contributed by atoms with van der Waals surface area (Å²) in [6, 6.07) is 5.10. The van der Waals surface area contributed by atoms with Crippen molar-refractivity contribution in [3.8, 4) is 0 Å². The Bertz CT molecular complexity index is 653. The smallest absolute Gasteiger partial charge is 0.239 e. The van der Waals surface area contributed by atoms with Crippen molar-refractivity contribution in [2.45, 2.75) is 25.8 Å². The Morgan fingerprint density at radius 1 is 1.41 bits per heavy atom. The first-order valence-corrected chi connectivity index (χ1v) is 9.27. The van der Waals surface area contributed by atoms with Crippen molar-refractivity contribution < 1.29 is 13.9 Å². The number of benzene rings is 1. The van der Waals surface area contributed by atoms with Crippen LogP contribution >= 0.6 is 0 Å². The van der Waals surface area contributed by atoms with Crippen LogP contribution in [-0.4, -0.2) is 64.9 Å². The predicted octanol–water partition coefficient (Wildman–Crippen LogP) is 1.03. The molecule has 1 atom stereocenters. The molecule has 150 valence electrons. The van der Waals surface area contributed by atoms with Gasteiger partial charge >= 0.3 is 0 Å². The van der Waals surface area contributed by atoms with Gasteiger partial charge in [0.1, 0.15) is 5.82 Å². The van der Waals surface area contributed by atoms with E-state index in [0.717, 1.165) is 37.2 Å². The van der Waals surface area contributed by atoms with Gasteiger partial charge in [0.2, 0.25) is 5.91 Å². The van der Waals surface area contributed by atoms with E-state index in [9.17, 15) is 9.18 Å². The van der Waals surface area contributed by atoms with Crippen LogP contribution < -0.4 is 20.9 Å². The Morgan fingerprint density at radius 3 is 2.93 bits per heavy atom. The zero-order valence-corrected chi connectivity index (χ0v) is 16.3. The van der Waals surface area contributed by atoms with Crippen LogP contribution in [0.4, 0.5) is 10.1 Å². The molecule has 2 rings (SSSR count). The first-order chi connectivity index (χ1) is 13.0. The first-order valence-electron chi connectivity index (χ1n) is 9.27. The number of carbonyl (C=O) groups is 1. The maximum atomic E-state index is 13.4. The third-order valence-electron chi connectivity index (χ3n) is 4.53. The number of guanidine groups is 1. The molecule has 1 aromatic rings. The molecule has 0 radical (unpaired) electrons. The van der Waals surface area contributed by atoms with Crippen LogP contribution in [-0.2, 0) is 9.53 Å². The number of halogens is 1. The number of anilines is 1. The van der Waals surface area contributed by atoms with E-state index in [-0.39, 0.29) is 24.3 Å². The lowest BCUT2D eigenvalue weighted by Crippen LogP contribution is -2.52. The number of piperidine rings is 1. The molecule has 1 aliphatic heterocycles. The number of hydrogen-bond donors (Lipinski definition) is 3. The minimum absolute atomic E-state index is 0.109. The summed E-state index contributed by atoms with van der Waals surface area (Å²) in [5.74, 6) is 0.276. The number of carbonyl (C=O) groups excluding carboxylic acids is 1. The Balaban J connectivity index is 1.85. The molecule has 1 unspecified atom stereocenters. The largest absolute Gasteiger partial charge is 0.383 e. The zero-order chi connectivity index (χ0) is 19.6. The molecule has 1 saturated heterocycles. The van der Waals surface area contributed by atoms with Gasteiger partial charge in [-0.05, 0) is 43.5 Å². The van der Waals surface area contributed by atoms with Crippen LogP contribution in [0.5, 0.6) is 0 Å². The minimum Gasteiger partial charge on any atom is -0.383 e. The van der Waals surface area contributed by atoms with Gasteiger partial charge in [-0.25, -0.2) is 4.39 Å². The van der Waals surface area contributed by atoms with Crippen LogP contribution in [0.2, 0.25) is 0 Å². The number of methoxy groups -OCH3 is 1. The van der Waals surface area contributed by atoms with Gasteiger partial charge in [-0.2, -0.15) is 0 Å². The van der Waals surface area contributed by atoms with Crippen LogP contribution in [0.3, 0.4) is 0 Å². The van der Waals surface area contributed by atoms with E-state index in [1.165, 1.54) is 6.07 Å². The number of aliphatic imine (C=N–C) groups is 1. The molecule has 1 aromatic carbocycles. The van der Waals surface area contributed by atoms with E-state index in [4.69, 9.17) is 4.74 Å². The lowest BCUT2D eigenvalue weighted by atomic mass is 10.0. The number of nitrogens with zero attached hydrogens (tertiary/aromatic N) is 2. The van der Waals surface area contributed by atoms with Gasteiger partial charge < -0.3 is 25.6 Å². The summed E-state index contributed by atoms with van der Waals surface area (Å²) in [6.45, 7) is 4.79. The average Bonchev–Trinajstić information content (AvgIpc) is 2.65. The normalized spacial score (nSPS) is 17.6. The van der Waals surface area contributed by atoms with Crippen LogP contribution in [0.25, 0.3) is 0 Å². The van der Waals surface area contributed by atoms with Crippen molar-refractivity contribution in [2.75, 3.05) is 51.8 Å². The molecule has 7 nitrogen and oxygen atoms in total. The van der Waals surface area contributed by atoms with Gasteiger partial charge in [0.15, 0.2) is 5.96 Å². The Labute approximate surface area is 160 Å². The highest BCUT2D eigenvalue weighted by Crippen LogP contribution is 2.24. The van der Waals surface area contributed by atoms with Gasteiger partial charge in [0.25, 0.3) is 0 Å². The lowest BCUT2D eigenvalue weighted by Gasteiger charge is -2.36. The van der Waals surface area contributed by atoms with Crippen molar-refractivity contribution in [1.82, 2.24) is 16.0 Å². The van der Waals surface area contributed by atoms with Crippen LogP contribution in [0.1, 0.15) is 18.4 Å². The highest BCUT2D eigenvalue weighted by atomic mass is 19.1. The first kappa shape index (κ1) is 21.0. The summed E-state index contributed by atoms with van der Waals surface area (Å²) >= 11 is 0. The van der Waals surface area contributed by atoms with E-state index in [2.05, 4.69) is 25.8 Å². The molecular formula is C19H30FN5O2. The van der Waals surface area contributed by atoms with Gasteiger partial charge in [-0.1, -0.05) is 0 Å². The van der Waals surface area contributed by atoms with Crippen molar-refractivity contribution in [3.05, 3.63) is 29.6 Å². The average molecular weight is 379 g/mol. The Hall–Kier alpha value is -2.35. The standard InChI is InChI=1S/C19H30FN5O2/c1-14-11-15(20)6-7-17(14)25-9-4-5-16(13-25)24-19(21-2)23-12-18(26)22-8-10-27-3/h6-7,11,16H,4-5,8-10,12-13H2,1-3H3,(H,22,26)(H2,21,23,24). The topological polar surface area (TPSA) is 78.0 Å². The molecule has 1 aliphatic rings. The molecule has 1 amide bonds. The van der Waals surface area contributed by atoms with E-state index < -0.39 is 0 Å². The Kier molecular flexibility index (Phi) is 8.32. The fraction of sp³-hybridized carbons (Fsp3) is 0.579. The minimum atomic E-state index is -0.212. The third-order valence-corrected chi connectivity index (χ3v) is 4.53. The van der Waals surface area contributed by atoms with E-state index in [1.54, 1.807) is 20.2 Å². The second-order valence-electron chi connectivity index (χ2n) is 6.63. The lowest BCUT2D eigenvalue weighted by molar-refractivity contribution is -0.120. The van der Waals surface area contributed by atoms with Crippen LogP contribution in [0.15, 0.2) is 23.2 Å². The van der Waals surface area contributed by atoms with Gasteiger partial charge in [0.05, 0.1) is 13.2 Å². The van der Waals surface area contributed by atoms with Gasteiger partial charge in [-0.3, -0.25) is 9.79 Å². The van der Waals surface area contributed by atoms with Crippen molar-refractivity contribution in [1.29, 1.82) is 0 Å². The van der Waals surface area contributed by atoms with Gasteiger partial charge in [0, 0.05) is 45.5 Å². The maximum absolute atomic E-state index is 13.4. The fourth-order valence-corrected chi connectivity index (χ4v) is 3.19. The van der Waals surface area contributed by atoms with E-state index >= 15 is 0 Å². The van der Waals surface area contributed by atoms with E-state index in [0.29, 0.717) is 19.1 Å². The molecule has 0 saturated carbocycles. The quantitative estimate of drug-likeness (QED) is 0.375. The second-order valence-corrected chi connectivity index (χ2v) is 6.63. The molecule has 1 fully saturated rings. The number of amides is 1. The molecule has 0 spiro atoms. The molecule has 3 N–H and O–H groups in total. The van der Waals surface area contributed by atoms with E-state index in [1.807, 2.05) is 13.0 Å². The predicted molar refractivity (Wildman–Crippen MR) is 106 cm³/mol. The third kappa shape index (κ3) is 6.71. The molecule has 8 heteroatoms. The summed E-state index contributed by atoms with van der Waals surface area (Å²) in [7, 11) is 3.28. The molecule has 0 bridgehead atoms. The number of ether oxygens (including phenoxy) is 1. The highest BCUT2D eigenvalue weighted by molar-refractivity contribution is 5.86. The van der Waals surface area contributed by atoms with Gasteiger partial charge in [-0.15, -0.1) is 0 Å². The molecule has 0 aliphatic carbocycles. The summed E-state index contributed by atoms with van der Waals surface area (Å²) in [4.78, 5) is 18.2. The fourth-order valence-electron chi connectivity index (χ4n) is 3.19. The number of hydrogen-bond acceptors (Lipinski definition) is 4. The molecular weight excluding hydrogens is 349 g/mol. The molecule has 0 aromatic heterocycles. The van der Waals surface area contributed by atoms with Crippen molar-refractivity contribution >= 4 is 17.6 Å². The second kappa shape index (κ2) is 10.7. The summed E-state index contributed by atoms with van der Waals surface area (Å²) in [6.07, 6.45) is 2.04. The summed E-state index contributed by atoms with van der Waals surface area (Å²) in [5, 5.41) is 9.17. The molecule has 27 heavy (non-hydrogen) atoms. The van der Waals surface area contributed by atoms with Crippen molar-refractivity contribution in [3.63, 3.8) is 0 Å².